The normalized spacial score (nSPS) is 11.1. The molecule has 110 valence electrons. The van der Waals surface area contributed by atoms with E-state index in [2.05, 4.69) is 0 Å². The molecule has 1 N–H and O–H groups in total. The van der Waals surface area contributed by atoms with Crippen LogP contribution in [-0.2, 0) is 10.0 Å². The second-order valence-corrected chi connectivity index (χ2v) is 6.10. The van der Waals surface area contributed by atoms with Gasteiger partial charge in [-0.25, -0.2) is 0 Å². The highest BCUT2D eigenvalue weighted by atomic mass is 32.2. The van der Waals surface area contributed by atoms with E-state index >= 15 is 0 Å². The number of benzene rings is 2. The lowest BCUT2D eigenvalue weighted by Crippen LogP contribution is -2.27. The second kappa shape index (κ2) is 5.51. The first-order valence-corrected chi connectivity index (χ1v) is 7.32. The van der Waals surface area contributed by atoms with E-state index in [1.165, 1.54) is 12.1 Å². The quantitative estimate of drug-likeness (QED) is 0.690. The van der Waals surface area contributed by atoms with Crippen molar-refractivity contribution in [2.75, 3.05) is 4.47 Å². The molecular weight excluding hydrogens is 296 g/mol. The molecule has 0 aliphatic heterocycles. The van der Waals surface area contributed by atoms with E-state index in [0.29, 0.717) is 0 Å². The fourth-order valence-corrected chi connectivity index (χ4v) is 2.73. The molecule has 0 atom stereocenters. The van der Waals surface area contributed by atoms with Crippen molar-refractivity contribution in [1.82, 2.24) is 0 Å². The predicted molar refractivity (Wildman–Crippen MR) is 75.7 cm³/mol. The summed E-state index contributed by atoms with van der Waals surface area (Å²) in [6.07, 6.45) is 0. The number of nitro groups is 1. The van der Waals surface area contributed by atoms with Gasteiger partial charge < -0.3 is 0 Å². The van der Waals surface area contributed by atoms with Crippen LogP contribution < -0.4 is 4.47 Å². The summed E-state index contributed by atoms with van der Waals surface area (Å²) in [6, 6.07) is 10.5. The molecule has 2 aromatic carbocycles. The monoisotopic (exact) mass is 308 g/mol. The molecule has 2 rings (SSSR count). The molecule has 0 saturated carbocycles. The number of nitro benzene ring substituents is 1. The Morgan fingerprint density at radius 3 is 2.05 bits per heavy atom. The van der Waals surface area contributed by atoms with Crippen LogP contribution in [-0.4, -0.2) is 18.5 Å². The number of non-ortho nitro benzene ring substituents is 1. The highest BCUT2D eigenvalue weighted by Crippen LogP contribution is 2.23. The van der Waals surface area contributed by atoms with E-state index in [0.717, 1.165) is 29.8 Å². The lowest BCUT2D eigenvalue weighted by atomic mass is 10.2. The molecule has 0 bridgehead atoms. The van der Waals surface area contributed by atoms with E-state index in [9.17, 15) is 23.7 Å². The average Bonchev–Trinajstić information content (AvgIpc) is 2.47. The third-order valence-corrected chi connectivity index (χ3v) is 4.36. The highest BCUT2D eigenvalue weighted by molar-refractivity contribution is 7.92. The lowest BCUT2D eigenvalue weighted by Gasteiger charge is -2.17. The molecule has 0 saturated heterocycles. The Labute approximate surface area is 121 Å². The van der Waals surface area contributed by atoms with Crippen LogP contribution in [0, 0.1) is 17.0 Å². The van der Waals surface area contributed by atoms with Crippen molar-refractivity contribution in [1.29, 1.82) is 0 Å². The highest BCUT2D eigenvalue weighted by Gasteiger charge is 2.24. The Morgan fingerprint density at radius 2 is 1.57 bits per heavy atom. The summed E-state index contributed by atoms with van der Waals surface area (Å²) in [7, 11) is -4.18. The lowest BCUT2D eigenvalue weighted by molar-refractivity contribution is -0.384. The minimum absolute atomic E-state index is 0.0824. The van der Waals surface area contributed by atoms with Gasteiger partial charge in [-0.2, -0.15) is 8.42 Å². The zero-order valence-electron chi connectivity index (χ0n) is 11.0. The molecule has 21 heavy (non-hydrogen) atoms. The van der Waals surface area contributed by atoms with Gasteiger partial charge in [-0.1, -0.05) is 17.7 Å². The fraction of sp³-hybridized carbons (Fsp3) is 0.0769. The Balaban J connectivity index is 2.36. The van der Waals surface area contributed by atoms with Crippen molar-refractivity contribution in [3.05, 3.63) is 64.2 Å². The molecule has 2 aromatic rings. The Bertz CT molecular complexity index is 754. The SMILES string of the molecule is Cc1ccc(N(O)S(=O)(=O)c2ccc([N+](=O)[O-])cc2)cc1. The van der Waals surface area contributed by atoms with Gasteiger partial charge in [0.15, 0.2) is 0 Å². The van der Waals surface area contributed by atoms with Gasteiger partial charge in [0.25, 0.3) is 15.7 Å². The Morgan fingerprint density at radius 1 is 1.05 bits per heavy atom. The molecule has 0 amide bonds. The maximum Gasteiger partial charge on any atom is 0.286 e. The number of aryl methyl sites for hydroxylation is 1. The summed E-state index contributed by atoms with van der Waals surface area (Å²) in [6.45, 7) is 1.83. The third-order valence-electron chi connectivity index (χ3n) is 2.83. The molecule has 0 radical (unpaired) electrons. The smallest absolute Gasteiger partial charge is 0.274 e. The van der Waals surface area contributed by atoms with Crippen LogP contribution in [0.25, 0.3) is 0 Å². The molecule has 0 spiro atoms. The molecule has 0 aliphatic carbocycles. The second-order valence-electron chi connectivity index (χ2n) is 4.33. The maximum absolute atomic E-state index is 12.2. The van der Waals surface area contributed by atoms with Gasteiger partial charge in [0.1, 0.15) is 0 Å². The number of nitrogens with zero attached hydrogens (tertiary/aromatic N) is 2. The topological polar surface area (TPSA) is 101 Å². The summed E-state index contributed by atoms with van der Waals surface area (Å²) in [5, 5.41) is 20.4. The molecule has 0 heterocycles. The van der Waals surface area contributed by atoms with Crippen LogP contribution in [0.2, 0.25) is 0 Å². The third kappa shape index (κ3) is 3.01. The first-order valence-electron chi connectivity index (χ1n) is 5.88. The summed E-state index contributed by atoms with van der Waals surface area (Å²) >= 11 is 0. The molecule has 0 aliphatic rings. The summed E-state index contributed by atoms with van der Waals surface area (Å²) < 4.78 is 24.6. The number of hydrogen-bond acceptors (Lipinski definition) is 5. The van der Waals surface area contributed by atoms with Gasteiger partial charge in [-0.15, -0.1) is 4.47 Å². The standard InChI is InChI=1S/C13H12N2O5S/c1-10-2-4-12(5-3-10)15(18)21(19,20)13-8-6-11(7-9-13)14(16)17/h2-9,18H,1H3. The van der Waals surface area contributed by atoms with Crippen molar-refractivity contribution >= 4 is 21.4 Å². The molecule has 7 nitrogen and oxygen atoms in total. The number of hydrogen-bond donors (Lipinski definition) is 1. The first-order chi connectivity index (χ1) is 9.82. The van der Waals surface area contributed by atoms with E-state index < -0.39 is 14.9 Å². The van der Waals surface area contributed by atoms with Crippen LogP contribution in [0.5, 0.6) is 0 Å². The molecule has 0 fully saturated rings. The van der Waals surface area contributed by atoms with Crippen molar-refractivity contribution in [3.8, 4) is 0 Å². The van der Waals surface area contributed by atoms with Gasteiger partial charge in [0.05, 0.1) is 15.5 Å². The first kappa shape index (κ1) is 14.9. The molecular formula is C13H12N2O5S. The summed E-state index contributed by atoms with van der Waals surface area (Å²) in [5.41, 5.74) is 0.771. The summed E-state index contributed by atoms with van der Waals surface area (Å²) in [5.74, 6) is 0. The van der Waals surface area contributed by atoms with Crippen LogP contribution in [0.4, 0.5) is 11.4 Å². The van der Waals surface area contributed by atoms with Crippen molar-refractivity contribution < 1.29 is 18.5 Å². The Hall–Kier alpha value is -2.45. The number of rotatable bonds is 4. The van der Waals surface area contributed by atoms with Gasteiger partial charge in [-0.05, 0) is 31.2 Å². The van der Waals surface area contributed by atoms with Gasteiger partial charge in [-0.3, -0.25) is 15.3 Å². The zero-order valence-corrected chi connectivity index (χ0v) is 11.8. The van der Waals surface area contributed by atoms with Crippen molar-refractivity contribution in [3.63, 3.8) is 0 Å². The fourth-order valence-electron chi connectivity index (χ4n) is 1.65. The number of anilines is 1. The van der Waals surface area contributed by atoms with Gasteiger partial charge >= 0.3 is 0 Å². The largest absolute Gasteiger partial charge is 0.286 e. The van der Waals surface area contributed by atoms with E-state index in [4.69, 9.17) is 0 Å². The number of sulfonamides is 1. The minimum atomic E-state index is -4.18. The van der Waals surface area contributed by atoms with Crippen LogP contribution >= 0.6 is 0 Å². The molecule has 0 aromatic heterocycles. The molecule has 8 heteroatoms. The minimum Gasteiger partial charge on any atom is -0.274 e. The Kier molecular flexibility index (Phi) is 3.92. The average molecular weight is 308 g/mol. The zero-order chi connectivity index (χ0) is 15.6. The molecule has 0 unspecified atom stereocenters. The van der Waals surface area contributed by atoms with E-state index in [-0.39, 0.29) is 20.7 Å². The van der Waals surface area contributed by atoms with E-state index in [1.54, 1.807) is 12.1 Å². The van der Waals surface area contributed by atoms with Crippen LogP contribution in [0.3, 0.4) is 0 Å². The van der Waals surface area contributed by atoms with Crippen LogP contribution in [0.1, 0.15) is 5.56 Å². The van der Waals surface area contributed by atoms with Crippen LogP contribution in [0.15, 0.2) is 53.4 Å². The van der Waals surface area contributed by atoms with Crippen molar-refractivity contribution in [2.45, 2.75) is 11.8 Å². The van der Waals surface area contributed by atoms with Gasteiger partial charge in [0.2, 0.25) is 0 Å². The summed E-state index contributed by atoms with van der Waals surface area (Å²) in [4.78, 5) is 9.67. The van der Waals surface area contributed by atoms with Gasteiger partial charge in [0, 0.05) is 12.1 Å². The van der Waals surface area contributed by atoms with E-state index in [1.807, 2.05) is 6.92 Å². The predicted octanol–water partition coefficient (Wildman–Crippen LogP) is 2.49. The van der Waals surface area contributed by atoms with Crippen molar-refractivity contribution in [2.24, 2.45) is 0 Å². The maximum atomic E-state index is 12.2.